The summed E-state index contributed by atoms with van der Waals surface area (Å²) in [5, 5.41) is 12.5. The second-order valence-corrected chi connectivity index (χ2v) is 27.3. The minimum absolute atomic E-state index is 0.354. The predicted molar refractivity (Wildman–Crippen MR) is 384 cm³/mol. The summed E-state index contributed by atoms with van der Waals surface area (Å²) in [5.41, 5.74) is 25.7. The highest BCUT2D eigenvalue weighted by molar-refractivity contribution is 6.30. The first-order valence-corrected chi connectivity index (χ1v) is 33.6. The number of hydrogen-bond donors (Lipinski definition) is 0. The number of anilines is 6. The van der Waals surface area contributed by atoms with Crippen LogP contribution in [-0.4, -0.2) is 0 Å². The van der Waals surface area contributed by atoms with Crippen LogP contribution in [0.2, 0.25) is 0 Å². The number of para-hydroxylation sites is 4. The SMILES string of the molecule is Cc1ccc(N(c2cc(C3CCCCC3)c3ccc4c(N(c5ccc(C)cc5C)c5cccc6c5oc5c(-c7ccccc7C(C)C)cccc56)cc(C5CCCCC5)c5ccc2c3c54)c2cccc3c2oc2c(-c4ccccc4C(C)C)cccc23)c(C)c1. The summed E-state index contributed by atoms with van der Waals surface area (Å²) in [6, 6.07) is 74.3. The number of aryl methyl sites for hydroxylation is 4. The molecule has 0 spiro atoms. The summed E-state index contributed by atoms with van der Waals surface area (Å²) < 4.78 is 15.1. The summed E-state index contributed by atoms with van der Waals surface area (Å²) in [6.07, 6.45) is 12.2. The van der Waals surface area contributed by atoms with Crippen LogP contribution in [0.1, 0.15) is 160 Å². The number of benzene rings is 12. The van der Waals surface area contributed by atoms with E-state index < -0.39 is 0 Å². The summed E-state index contributed by atoms with van der Waals surface area (Å²) >= 11 is 0. The maximum absolute atomic E-state index is 7.53. The van der Waals surface area contributed by atoms with Crippen LogP contribution in [0.3, 0.4) is 0 Å². The molecule has 0 amide bonds. The van der Waals surface area contributed by atoms with Gasteiger partial charge in [0, 0.05) is 54.8 Å². The quantitative estimate of drug-likeness (QED) is 0.114. The van der Waals surface area contributed by atoms with Crippen molar-refractivity contribution >= 4 is 110 Å². The van der Waals surface area contributed by atoms with Crippen molar-refractivity contribution in [1.82, 2.24) is 0 Å². The Morgan fingerprint density at radius 1 is 0.311 bits per heavy atom. The molecule has 0 radical (unpaired) electrons. The Hall–Kier alpha value is -9.12. The Morgan fingerprint density at radius 2 is 0.678 bits per heavy atom. The van der Waals surface area contributed by atoms with Gasteiger partial charge in [0.25, 0.3) is 0 Å². The zero-order valence-corrected chi connectivity index (χ0v) is 53.6. The molecule has 0 N–H and O–H groups in total. The van der Waals surface area contributed by atoms with E-state index >= 15 is 0 Å². The number of hydrogen-bond acceptors (Lipinski definition) is 4. The van der Waals surface area contributed by atoms with Crippen LogP contribution in [-0.2, 0) is 0 Å². The monoisotopic (exact) mass is 1170 g/mol. The van der Waals surface area contributed by atoms with Crippen LogP contribution < -0.4 is 9.80 Å². The van der Waals surface area contributed by atoms with Crippen molar-refractivity contribution in [3.05, 3.63) is 239 Å². The third-order valence-electron chi connectivity index (χ3n) is 20.9. The Morgan fingerprint density at radius 3 is 1.08 bits per heavy atom. The first-order valence-electron chi connectivity index (χ1n) is 33.6. The number of fused-ring (bicyclic) bond motifs is 6. The zero-order valence-electron chi connectivity index (χ0n) is 53.6. The second kappa shape index (κ2) is 22.4. The van der Waals surface area contributed by atoms with Crippen LogP contribution >= 0.6 is 0 Å². The Labute approximate surface area is 530 Å². The first-order chi connectivity index (χ1) is 44.0. The molecule has 446 valence electrons. The molecule has 0 atom stereocenters. The van der Waals surface area contributed by atoms with Gasteiger partial charge in [-0.1, -0.05) is 235 Å². The molecule has 4 heteroatoms. The molecule has 90 heavy (non-hydrogen) atoms. The van der Waals surface area contributed by atoms with Gasteiger partial charge < -0.3 is 18.6 Å². The largest absolute Gasteiger partial charge is 0.453 e. The average Bonchev–Trinajstić information content (AvgIpc) is 0.744. The van der Waals surface area contributed by atoms with Crippen molar-refractivity contribution in [2.45, 2.75) is 143 Å². The summed E-state index contributed by atoms with van der Waals surface area (Å²) in [5.74, 6) is 1.54. The lowest BCUT2D eigenvalue weighted by atomic mass is 9.77. The minimum atomic E-state index is 0.354. The lowest BCUT2D eigenvalue weighted by Gasteiger charge is -2.34. The molecule has 2 fully saturated rings. The molecule has 0 unspecified atom stereocenters. The molecule has 12 aromatic carbocycles. The van der Waals surface area contributed by atoms with Gasteiger partial charge in [-0.3, -0.25) is 0 Å². The van der Waals surface area contributed by atoms with E-state index in [0.29, 0.717) is 23.7 Å². The molecule has 2 saturated carbocycles. The lowest BCUT2D eigenvalue weighted by molar-refractivity contribution is 0.445. The maximum Gasteiger partial charge on any atom is 0.159 e. The van der Waals surface area contributed by atoms with Gasteiger partial charge in [-0.15, -0.1) is 0 Å². The Kier molecular flexibility index (Phi) is 14.0. The fourth-order valence-electron chi connectivity index (χ4n) is 16.7. The van der Waals surface area contributed by atoms with Crippen molar-refractivity contribution < 1.29 is 8.83 Å². The lowest BCUT2D eigenvalue weighted by Crippen LogP contribution is -2.15. The molecule has 0 saturated heterocycles. The summed E-state index contributed by atoms with van der Waals surface area (Å²) in [6.45, 7) is 18.2. The molecule has 0 aliphatic heterocycles. The Balaban J connectivity index is 1.01. The van der Waals surface area contributed by atoms with Gasteiger partial charge in [-0.05, 0) is 180 Å². The highest BCUT2D eigenvalue weighted by Crippen LogP contribution is 2.56. The molecule has 2 heterocycles. The van der Waals surface area contributed by atoms with Crippen LogP contribution in [0.5, 0.6) is 0 Å². The number of nitrogens with zero attached hydrogens (tertiary/aromatic N) is 2. The fourth-order valence-corrected chi connectivity index (χ4v) is 16.7. The minimum Gasteiger partial charge on any atom is -0.453 e. The molecule has 2 aromatic heterocycles. The van der Waals surface area contributed by atoms with E-state index in [1.165, 1.54) is 164 Å². The normalized spacial score (nSPS) is 14.6. The van der Waals surface area contributed by atoms with Gasteiger partial charge in [-0.25, -0.2) is 0 Å². The van der Waals surface area contributed by atoms with Crippen LogP contribution in [0.15, 0.2) is 203 Å². The predicted octanol–water partition coefficient (Wildman–Crippen LogP) is 26.2. The van der Waals surface area contributed by atoms with E-state index in [1.54, 1.807) is 0 Å². The second-order valence-electron chi connectivity index (χ2n) is 27.3. The molecular weight excluding hydrogens is 1090 g/mol. The molecule has 14 aromatic rings. The first kappa shape index (κ1) is 56.1. The summed E-state index contributed by atoms with van der Waals surface area (Å²) in [4.78, 5) is 5.20. The van der Waals surface area contributed by atoms with Crippen molar-refractivity contribution in [2.75, 3.05) is 9.80 Å². The smallest absolute Gasteiger partial charge is 0.159 e. The van der Waals surface area contributed by atoms with Crippen molar-refractivity contribution in [2.24, 2.45) is 0 Å². The topological polar surface area (TPSA) is 32.8 Å². The molecular formula is C86H80N2O2. The highest BCUT2D eigenvalue weighted by atomic mass is 16.3. The van der Waals surface area contributed by atoms with Crippen molar-refractivity contribution in [3.8, 4) is 22.3 Å². The van der Waals surface area contributed by atoms with E-state index in [2.05, 4.69) is 259 Å². The van der Waals surface area contributed by atoms with Gasteiger partial charge in [0.05, 0.1) is 22.7 Å². The van der Waals surface area contributed by atoms with Crippen molar-refractivity contribution in [3.63, 3.8) is 0 Å². The van der Waals surface area contributed by atoms with Crippen LogP contribution in [0, 0.1) is 27.7 Å². The van der Waals surface area contributed by atoms with Gasteiger partial charge in [0.1, 0.15) is 11.2 Å². The van der Waals surface area contributed by atoms with E-state index in [4.69, 9.17) is 8.83 Å². The van der Waals surface area contributed by atoms with Crippen LogP contribution in [0.25, 0.3) is 98.4 Å². The Bertz CT molecular complexity index is 4790. The standard InChI is InChI=1S/C86H80N2O2/c1-51(2)59-27-15-17-29-61(59)65-31-19-33-67-69-35-21-37-77(85(69)89-83(65)67)87(75-45-39-53(5)47-55(75)7)79-49-73(57-23-11-9-12-24-57)63-42-44-72-80(50-74(58-25-13-10-14-26-58)64-41-43-71(79)81(63)82(64)72)88(76-46-40-54(6)48-56(76)8)78-38-22-36-70-68-34-20-32-66(84(68)90-86(70)78)62-30-18-16-28-60(62)52(3)4/h15-22,27-52,57-58H,9-14,23-26H2,1-8H3. The zero-order chi connectivity index (χ0) is 61.1. The fraction of sp³-hybridized carbons (Fsp3) is 0.256. The van der Waals surface area contributed by atoms with Gasteiger partial charge in [0.15, 0.2) is 11.2 Å². The number of rotatable bonds is 12. The van der Waals surface area contributed by atoms with Crippen LogP contribution in [0.4, 0.5) is 34.1 Å². The van der Waals surface area contributed by atoms with E-state index in [9.17, 15) is 0 Å². The average molecular weight is 1170 g/mol. The van der Waals surface area contributed by atoms with E-state index in [1.807, 2.05) is 0 Å². The maximum atomic E-state index is 7.53. The van der Waals surface area contributed by atoms with Gasteiger partial charge in [0.2, 0.25) is 0 Å². The molecule has 2 aliphatic carbocycles. The van der Waals surface area contributed by atoms with E-state index in [-0.39, 0.29) is 0 Å². The van der Waals surface area contributed by atoms with Gasteiger partial charge in [-0.2, -0.15) is 0 Å². The van der Waals surface area contributed by atoms with Gasteiger partial charge >= 0.3 is 0 Å². The third kappa shape index (κ3) is 9.13. The highest BCUT2D eigenvalue weighted by Gasteiger charge is 2.32. The number of furan rings is 2. The van der Waals surface area contributed by atoms with Crippen molar-refractivity contribution in [1.29, 1.82) is 0 Å². The molecule has 4 nitrogen and oxygen atoms in total. The third-order valence-corrected chi connectivity index (χ3v) is 20.9. The van der Waals surface area contributed by atoms with E-state index in [0.717, 1.165) is 77.8 Å². The molecule has 16 rings (SSSR count). The molecule has 0 bridgehead atoms. The summed E-state index contributed by atoms with van der Waals surface area (Å²) in [7, 11) is 0. The molecule has 2 aliphatic rings.